The van der Waals surface area contributed by atoms with Gasteiger partial charge in [-0.15, -0.1) is 0 Å². The fourth-order valence-electron chi connectivity index (χ4n) is 3.32. The average Bonchev–Trinajstić information content (AvgIpc) is 2.90. The topological polar surface area (TPSA) is 68.4 Å². The van der Waals surface area contributed by atoms with Crippen LogP contribution in [-0.4, -0.2) is 58.9 Å². The summed E-state index contributed by atoms with van der Waals surface area (Å²) in [7, 11) is 0. The van der Waals surface area contributed by atoms with Crippen LogP contribution in [0.15, 0.2) is 24.3 Å². The number of piperazine rings is 1. The Labute approximate surface area is 148 Å². The monoisotopic (exact) mass is 342 g/mol. The molecule has 1 aromatic carbocycles. The minimum absolute atomic E-state index is 0.0467. The maximum atomic E-state index is 12.7. The highest BCUT2D eigenvalue weighted by Gasteiger charge is 2.25. The highest BCUT2D eigenvalue weighted by atomic mass is 16.2. The van der Waals surface area contributed by atoms with Crippen molar-refractivity contribution in [3.63, 3.8) is 0 Å². The number of urea groups is 1. The predicted octanol–water partition coefficient (Wildman–Crippen LogP) is 2.28. The van der Waals surface area contributed by atoms with Crippen LogP contribution >= 0.6 is 0 Å². The van der Waals surface area contributed by atoms with Crippen LogP contribution in [0.2, 0.25) is 0 Å². The van der Waals surface area contributed by atoms with Crippen molar-refractivity contribution in [2.75, 3.05) is 26.2 Å². The van der Waals surface area contributed by atoms with Crippen molar-refractivity contribution in [1.82, 2.24) is 20.1 Å². The standard InChI is InChI=1S/C19H26N4O2/c1-13(2)20-19(25)23-10-8-22(9-11-23)18(24)12-16-14(3)21-17-7-5-4-6-15(16)17/h4-7,13,21H,8-12H2,1-3H3,(H,20,25). The predicted molar refractivity (Wildman–Crippen MR) is 98.6 cm³/mol. The van der Waals surface area contributed by atoms with Gasteiger partial charge in [-0.2, -0.15) is 0 Å². The van der Waals surface area contributed by atoms with E-state index in [2.05, 4.69) is 16.4 Å². The van der Waals surface area contributed by atoms with Crippen LogP contribution in [0.25, 0.3) is 10.9 Å². The molecule has 2 N–H and O–H groups in total. The summed E-state index contributed by atoms with van der Waals surface area (Å²) in [4.78, 5) is 31.7. The molecule has 25 heavy (non-hydrogen) atoms. The second kappa shape index (κ2) is 7.17. The number of carbonyl (C=O) groups excluding carboxylic acids is 2. The van der Waals surface area contributed by atoms with Gasteiger partial charge in [-0.1, -0.05) is 18.2 Å². The van der Waals surface area contributed by atoms with Gasteiger partial charge in [0.15, 0.2) is 0 Å². The first-order chi connectivity index (χ1) is 12.0. The van der Waals surface area contributed by atoms with Gasteiger partial charge in [-0.3, -0.25) is 4.79 Å². The minimum Gasteiger partial charge on any atom is -0.358 e. The van der Waals surface area contributed by atoms with E-state index in [1.165, 1.54) is 0 Å². The fourth-order valence-corrected chi connectivity index (χ4v) is 3.32. The molecule has 134 valence electrons. The van der Waals surface area contributed by atoms with Crippen LogP contribution in [0.4, 0.5) is 4.79 Å². The van der Waals surface area contributed by atoms with Gasteiger partial charge in [-0.05, 0) is 32.4 Å². The van der Waals surface area contributed by atoms with Crippen LogP contribution in [0.1, 0.15) is 25.1 Å². The molecule has 2 heterocycles. The van der Waals surface area contributed by atoms with Gasteiger partial charge >= 0.3 is 6.03 Å². The number of hydrogen-bond donors (Lipinski definition) is 2. The number of hydrogen-bond acceptors (Lipinski definition) is 2. The number of benzene rings is 1. The summed E-state index contributed by atoms with van der Waals surface area (Å²) in [6, 6.07) is 8.14. The molecule has 1 saturated heterocycles. The number of aromatic amines is 1. The van der Waals surface area contributed by atoms with Crippen molar-refractivity contribution in [1.29, 1.82) is 0 Å². The van der Waals surface area contributed by atoms with E-state index in [0.717, 1.165) is 22.2 Å². The van der Waals surface area contributed by atoms with E-state index in [0.29, 0.717) is 32.6 Å². The summed E-state index contributed by atoms with van der Waals surface area (Å²) in [6.45, 7) is 8.24. The Morgan fingerprint density at radius 2 is 1.76 bits per heavy atom. The molecule has 0 atom stereocenters. The number of nitrogens with one attached hydrogen (secondary N) is 2. The molecule has 3 rings (SSSR count). The molecule has 0 bridgehead atoms. The van der Waals surface area contributed by atoms with Gasteiger partial charge in [-0.25, -0.2) is 4.79 Å². The lowest BCUT2D eigenvalue weighted by molar-refractivity contribution is -0.131. The Morgan fingerprint density at radius 3 is 2.44 bits per heavy atom. The van der Waals surface area contributed by atoms with Crippen LogP contribution in [0.3, 0.4) is 0 Å². The number of aryl methyl sites for hydroxylation is 1. The molecule has 3 amide bonds. The molecular weight excluding hydrogens is 316 g/mol. The minimum atomic E-state index is -0.0467. The number of nitrogens with zero attached hydrogens (tertiary/aromatic N) is 2. The van der Waals surface area contributed by atoms with E-state index in [4.69, 9.17) is 0 Å². The van der Waals surface area contributed by atoms with Crippen LogP contribution in [0, 0.1) is 6.92 Å². The van der Waals surface area contributed by atoms with Crippen molar-refractivity contribution >= 4 is 22.8 Å². The van der Waals surface area contributed by atoms with Gasteiger partial charge in [0, 0.05) is 48.8 Å². The number of H-pyrrole nitrogens is 1. The van der Waals surface area contributed by atoms with E-state index in [-0.39, 0.29) is 18.0 Å². The Kier molecular flexibility index (Phi) is 4.97. The molecule has 0 aliphatic carbocycles. The molecule has 1 aliphatic heterocycles. The highest BCUT2D eigenvalue weighted by Crippen LogP contribution is 2.23. The molecular formula is C19H26N4O2. The molecule has 0 radical (unpaired) electrons. The summed E-state index contributed by atoms with van der Waals surface area (Å²) in [5.74, 6) is 0.122. The number of rotatable bonds is 3. The van der Waals surface area contributed by atoms with Gasteiger partial charge in [0.05, 0.1) is 6.42 Å². The Morgan fingerprint density at radius 1 is 1.12 bits per heavy atom. The molecule has 0 spiro atoms. The second-order valence-corrected chi connectivity index (χ2v) is 6.92. The number of carbonyl (C=O) groups is 2. The van der Waals surface area contributed by atoms with Gasteiger partial charge in [0.25, 0.3) is 0 Å². The van der Waals surface area contributed by atoms with Crippen LogP contribution in [0.5, 0.6) is 0 Å². The average molecular weight is 342 g/mol. The molecule has 2 aromatic rings. The molecule has 6 heteroatoms. The van der Waals surface area contributed by atoms with Crippen LogP contribution in [-0.2, 0) is 11.2 Å². The third-order valence-electron chi connectivity index (χ3n) is 4.69. The smallest absolute Gasteiger partial charge is 0.317 e. The zero-order chi connectivity index (χ0) is 18.0. The lowest BCUT2D eigenvalue weighted by Gasteiger charge is -2.35. The first kappa shape index (κ1) is 17.3. The van der Waals surface area contributed by atoms with Gasteiger partial charge < -0.3 is 20.1 Å². The third kappa shape index (κ3) is 3.78. The first-order valence-electron chi connectivity index (χ1n) is 8.85. The van der Waals surface area contributed by atoms with Crippen LogP contribution < -0.4 is 5.32 Å². The quantitative estimate of drug-likeness (QED) is 0.898. The lowest BCUT2D eigenvalue weighted by Crippen LogP contribution is -2.54. The number of fused-ring (bicyclic) bond motifs is 1. The van der Waals surface area contributed by atoms with Crippen molar-refractivity contribution < 1.29 is 9.59 Å². The Bertz CT molecular complexity index is 773. The molecule has 1 aromatic heterocycles. The zero-order valence-corrected chi connectivity index (χ0v) is 15.1. The van der Waals surface area contributed by atoms with E-state index in [9.17, 15) is 9.59 Å². The maximum absolute atomic E-state index is 12.7. The SMILES string of the molecule is Cc1[nH]c2ccccc2c1CC(=O)N1CCN(C(=O)NC(C)C)CC1. The van der Waals surface area contributed by atoms with E-state index in [1.54, 1.807) is 4.90 Å². The molecule has 0 saturated carbocycles. The number of para-hydroxylation sites is 1. The summed E-state index contributed by atoms with van der Waals surface area (Å²) in [6.07, 6.45) is 0.397. The number of amides is 3. The van der Waals surface area contributed by atoms with E-state index >= 15 is 0 Å². The van der Waals surface area contributed by atoms with Crippen molar-refractivity contribution in [2.24, 2.45) is 0 Å². The molecule has 1 fully saturated rings. The Balaban J connectivity index is 1.61. The largest absolute Gasteiger partial charge is 0.358 e. The van der Waals surface area contributed by atoms with Crippen molar-refractivity contribution in [3.8, 4) is 0 Å². The highest BCUT2D eigenvalue weighted by molar-refractivity contribution is 5.90. The normalized spacial score (nSPS) is 15.0. The van der Waals surface area contributed by atoms with Crippen molar-refractivity contribution in [2.45, 2.75) is 33.2 Å². The molecule has 6 nitrogen and oxygen atoms in total. The summed E-state index contributed by atoms with van der Waals surface area (Å²) in [5, 5.41) is 4.01. The summed E-state index contributed by atoms with van der Waals surface area (Å²) in [5.41, 5.74) is 3.18. The summed E-state index contributed by atoms with van der Waals surface area (Å²) < 4.78 is 0. The second-order valence-electron chi connectivity index (χ2n) is 6.92. The van der Waals surface area contributed by atoms with Crippen molar-refractivity contribution in [3.05, 3.63) is 35.5 Å². The maximum Gasteiger partial charge on any atom is 0.317 e. The Hall–Kier alpha value is -2.50. The zero-order valence-electron chi connectivity index (χ0n) is 15.1. The van der Waals surface area contributed by atoms with Gasteiger partial charge in [0.2, 0.25) is 5.91 Å². The van der Waals surface area contributed by atoms with E-state index < -0.39 is 0 Å². The molecule has 1 aliphatic rings. The van der Waals surface area contributed by atoms with Gasteiger partial charge in [0.1, 0.15) is 0 Å². The summed E-state index contributed by atoms with van der Waals surface area (Å²) >= 11 is 0. The lowest BCUT2D eigenvalue weighted by atomic mass is 10.1. The third-order valence-corrected chi connectivity index (χ3v) is 4.69. The first-order valence-corrected chi connectivity index (χ1v) is 8.85. The van der Waals surface area contributed by atoms with E-state index in [1.807, 2.05) is 43.9 Å². The fraction of sp³-hybridized carbons (Fsp3) is 0.474. The molecule has 0 unspecified atom stereocenters. The number of aromatic nitrogens is 1.